The van der Waals surface area contributed by atoms with E-state index in [4.69, 9.17) is 5.73 Å². The second-order valence-corrected chi connectivity index (χ2v) is 12.3. The third kappa shape index (κ3) is 4.69. The number of likely N-dealkylation sites (N-methyl/N-ethyl adjacent to an activating group) is 1. The summed E-state index contributed by atoms with van der Waals surface area (Å²) in [6.45, 7) is 0.149. The van der Waals surface area contributed by atoms with Crippen molar-refractivity contribution < 1.29 is 39.0 Å². The van der Waals surface area contributed by atoms with Crippen LogP contribution in [0, 0.1) is 23.7 Å². The number of aromatic hydroxyl groups is 1. The van der Waals surface area contributed by atoms with Crippen LogP contribution in [-0.4, -0.2) is 96.3 Å². The number of carbonyl (C=O) groups excluding carboxylic acids is 6. The average molecular weight is 605 g/mol. The van der Waals surface area contributed by atoms with Crippen molar-refractivity contribution in [3.8, 4) is 5.75 Å². The maximum atomic E-state index is 14.1. The van der Waals surface area contributed by atoms with Crippen molar-refractivity contribution in [2.75, 3.05) is 45.0 Å². The van der Waals surface area contributed by atoms with E-state index >= 15 is 0 Å². The molecule has 2 aromatic rings. The van der Waals surface area contributed by atoms with E-state index in [1.54, 1.807) is 69.5 Å². The highest BCUT2D eigenvalue weighted by Crippen LogP contribution is 2.52. The molecule has 3 aliphatic carbocycles. The van der Waals surface area contributed by atoms with Gasteiger partial charge >= 0.3 is 0 Å². The minimum absolute atomic E-state index is 0.0286. The molecule has 0 saturated heterocycles. The molecular weight excluding hydrogens is 568 g/mol. The quantitative estimate of drug-likeness (QED) is 0.188. The van der Waals surface area contributed by atoms with Gasteiger partial charge in [0.25, 0.3) is 0 Å². The number of amides is 1. The number of Topliss-reactive ketones (excluding diaryl/α,β-unsaturated/α-hetero) is 5. The van der Waals surface area contributed by atoms with E-state index < -0.39 is 70.1 Å². The number of aliphatic hydroxyl groups is 1. The predicted octanol–water partition coefficient (Wildman–Crippen LogP) is 0.618. The monoisotopic (exact) mass is 604 g/mol. The van der Waals surface area contributed by atoms with Gasteiger partial charge in [0, 0.05) is 44.2 Å². The minimum atomic E-state index is -2.79. The first kappa shape index (κ1) is 31.0. The van der Waals surface area contributed by atoms with Crippen molar-refractivity contribution in [1.82, 2.24) is 4.90 Å². The van der Waals surface area contributed by atoms with E-state index in [2.05, 4.69) is 5.32 Å². The summed E-state index contributed by atoms with van der Waals surface area (Å²) in [4.78, 5) is 82.9. The highest BCUT2D eigenvalue weighted by atomic mass is 16.3. The molecule has 3 aliphatic rings. The normalized spacial score (nSPS) is 27.8. The number of hydrogen-bond acceptors (Lipinski definition) is 11. The first-order valence-electron chi connectivity index (χ1n) is 14.4. The SMILES string of the molecule is CN(C)c1cc(NCCC(=O)c2ccccc2)c(O)c2c1C[C@H]1C[C@H]3[C@H](N(C)C)C(=O)C(C(N)=O)C(=O)[C@@]3(O)C(=O)C1C2=O. The zero-order valence-electron chi connectivity index (χ0n) is 25.0. The summed E-state index contributed by atoms with van der Waals surface area (Å²) in [6, 6.07) is 9.25. The molecule has 12 heteroatoms. The summed E-state index contributed by atoms with van der Waals surface area (Å²) in [7, 11) is 6.61. The van der Waals surface area contributed by atoms with Gasteiger partial charge < -0.3 is 26.2 Å². The molecule has 0 spiro atoms. The maximum absolute atomic E-state index is 14.1. The lowest BCUT2D eigenvalue weighted by Gasteiger charge is -2.52. The summed E-state index contributed by atoms with van der Waals surface area (Å²) >= 11 is 0. The third-order valence-corrected chi connectivity index (χ3v) is 9.28. The molecule has 6 atom stereocenters. The number of fused-ring (bicyclic) bond motifs is 3. The van der Waals surface area contributed by atoms with Crippen molar-refractivity contribution in [3.63, 3.8) is 0 Å². The fourth-order valence-corrected chi connectivity index (χ4v) is 7.27. The number of phenolic OH excluding ortho intramolecular Hbond substituents is 1. The van der Waals surface area contributed by atoms with Gasteiger partial charge in [-0.1, -0.05) is 30.3 Å². The molecule has 1 amide bonds. The fraction of sp³-hybridized carbons (Fsp3) is 0.438. The summed E-state index contributed by atoms with van der Waals surface area (Å²) in [6.07, 6.45) is 0.233. The predicted molar refractivity (Wildman–Crippen MR) is 160 cm³/mol. The number of primary amides is 1. The van der Waals surface area contributed by atoms with Gasteiger partial charge in [-0.25, -0.2) is 0 Å². The molecule has 2 unspecified atom stereocenters. The van der Waals surface area contributed by atoms with Crippen molar-refractivity contribution in [1.29, 1.82) is 0 Å². The lowest BCUT2D eigenvalue weighted by atomic mass is 9.52. The number of benzene rings is 2. The minimum Gasteiger partial charge on any atom is -0.505 e. The second-order valence-electron chi connectivity index (χ2n) is 12.3. The molecule has 5 N–H and O–H groups in total. The number of nitrogens with one attached hydrogen (secondary N) is 1. The molecule has 2 fully saturated rings. The Labute approximate surface area is 254 Å². The van der Waals surface area contributed by atoms with Crippen LogP contribution in [0.3, 0.4) is 0 Å². The number of carbonyl (C=O) groups is 6. The van der Waals surface area contributed by atoms with Crippen LogP contribution in [0.15, 0.2) is 36.4 Å². The molecule has 2 aromatic carbocycles. The van der Waals surface area contributed by atoms with Gasteiger partial charge in [-0.2, -0.15) is 0 Å². The Morgan fingerprint density at radius 1 is 1.05 bits per heavy atom. The Morgan fingerprint density at radius 2 is 1.70 bits per heavy atom. The summed E-state index contributed by atoms with van der Waals surface area (Å²) < 4.78 is 0. The Bertz CT molecular complexity index is 1590. The molecule has 2 saturated carbocycles. The van der Waals surface area contributed by atoms with Crippen molar-refractivity contribution in [2.45, 2.75) is 30.9 Å². The van der Waals surface area contributed by atoms with Crippen LogP contribution in [0.5, 0.6) is 5.75 Å². The number of phenols is 1. The van der Waals surface area contributed by atoms with Crippen LogP contribution >= 0.6 is 0 Å². The fourth-order valence-electron chi connectivity index (χ4n) is 7.27. The van der Waals surface area contributed by atoms with Crippen molar-refractivity contribution in [2.24, 2.45) is 29.4 Å². The summed E-state index contributed by atoms with van der Waals surface area (Å²) in [5.74, 6) is -11.1. The molecule has 0 heterocycles. The van der Waals surface area contributed by atoms with Gasteiger partial charge in [0.05, 0.1) is 23.2 Å². The molecule has 0 radical (unpaired) electrons. The van der Waals surface area contributed by atoms with Gasteiger partial charge in [0.2, 0.25) is 5.91 Å². The number of hydrogen-bond donors (Lipinski definition) is 4. The van der Waals surface area contributed by atoms with Gasteiger partial charge in [-0.05, 0) is 44.5 Å². The molecule has 12 nitrogen and oxygen atoms in total. The number of nitrogens with zero attached hydrogens (tertiary/aromatic N) is 2. The zero-order valence-corrected chi connectivity index (χ0v) is 25.0. The van der Waals surface area contributed by atoms with Gasteiger partial charge in [-0.3, -0.25) is 33.7 Å². The average Bonchev–Trinajstić information content (AvgIpc) is 2.96. The van der Waals surface area contributed by atoms with E-state index in [9.17, 15) is 39.0 Å². The Hall–Kier alpha value is -4.42. The topological polar surface area (TPSA) is 187 Å². The molecule has 0 bridgehead atoms. The van der Waals surface area contributed by atoms with Crippen molar-refractivity contribution >= 4 is 46.2 Å². The lowest BCUT2D eigenvalue weighted by molar-refractivity contribution is -0.181. The molecule has 44 heavy (non-hydrogen) atoms. The van der Waals surface area contributed by atoms with Crippen molar-refractivity contribution in [3.05, 3.63) is 53.1 Å². The number of rotatable bonds is 8. The van der Waals surface area contributed by atoms with Crippen LogP contribution in [0.25, 0.3) is 0 Å². The van der Waals surface area contributed by atoms with Gasteiger partial charge in [-0.15, -0.1) is 0 Å². The molecular formula is C32H36N4O8. The Morgan fingerprint density at radius 3 is 2.30 bits per heavy atom. The first-order valence-corrected chi connectivity index (χ1v) is 14.4. The van der Waals surface area contributed by atoms with E-state index in [-0.39, 0.29) is 42.8 Å². The number of nitrogens with two attached hydrogens (primary N) is 1. The standard InChI is InChI=1S/C32H36N4O8/c1-35(2)20-14-19(34-11-10-21(37)15-8-6-5-7-9-15)26(38)23-17(20)12-16-13-18-25(36(3)4)28(40)24(31(33)43)30(42)32(18,44)29(41)22(16)27(23)39/h5-9,14,16,18,22,24-25,34,38,44H,10-13H2,1-4H3,(H2,33,43)/t16-,18-,22?,24?,25-,32-/m0/s1. The molecule has 5 rings (SSSR count). The first-order chi connectivity index (χ1) is 20.7. The van der Waals surface area contributed by atoms with E-state index in [0.29, 0.717) is 16.8 Å². The van der Waals surface area contributed by atoms with Gasteiger partial charge in [0.1, 0.15) is 5.75 Å². The number of ketones is 5. The van der Waals surface area contributed by atoms with Gasteiger partial charge in [0.15, 0.2) is 40.4 Å². The second kappa shape index (κ2) is 11.3. The van der Waals surface area contributed by atoms with Crippen LogP contribution in [0.2, 0.25) is 0 Å². The van der Waals surface area contributed by atoms with Crippen LogP contribution in [0.1, 0.15) is 39.1 Å². The van der Waals surface area contributed by atoms with Crippen LogP contribution in [0.4, 0.5) is 11.4 Å². The number of anilines is 2. The van der Waals surface area contributed by atoms with E-state index in [1.807, 2.05) is 0 Å². The third-order valence-electron chi connectivity index (χ3n) is 9.28. The summed E-state index contributed by atoms with van der Waals surface area (Å²) in [5.41, 5.74) is 4.30. The lowest BCUT2D eigenvalue weighted by Crippen LogP contribution is -2.74. The Balaban J connectivity index is 1.52. The molecule has 232 valence electrons. The van der Waals surface area contributed by atoms with E-state index in [1.165, 1.54) is 4.90 Å². The Kier molecular flexibility index (Phi) is 7.93. The molecule has 0 aromatic heterocycles. The van der Waals surface area contributed by atoms with Crippen LogP contribution < -0.4 is 16.0 Å². The molecule has 0 aliphatic heterocycles. The van der Waals surface area contributed by atoms with Crippen LogP contribution in [-0.2, 0) is 25.6 Å². The maximum Gasteiger partial charge on any atom is 0.235 e. The summed E-state index contributed by atoms with van der Waals surface area (Å²) in [5, 5.41) is 26.1. The zero-order chi connectivity index (χ0) is 32.2. The largest absolute Gasteiger partial charge is 0.505 e. The highest BCUT2D eigenvalue weighted by molar-refractivity contribution is 6.32. The highest BCUT2D eigenvalue weighted by Gasteiger charge is 2.69. The van der Waals surface area contributed by atoms with E-state index in [0.717, 1.165) is 0 Å². The smallest absolute Gasteiger partial charge is 0.235 e.